The van der Waals surface area contributed by atoms with E-state index in [1.807, 2.05) is 4.72 Å². The van der Waals surface area contributed by atoms with Crippen molar-refractivity contribution in [3.63, 3.8) is 0 Å². The van der Waals surface area contributed by atoms with Crippen LogP contribution in [0.4, 0.5) is 13.2 Å². The van der Waals surface area contributed by atoms with Crippen molar-refractivity contribution < 1.29 is 31.2 Å². The van der Waals surface area contributed by atoms with Gasteiger partial charge in [-0.2, -0.15) is 17.9 Å². The van der Waals surface area contributed by atoms with Crippen LogP contribution in [0.25, 0.3) is 0 Å². The van der Waals surface area contributed by atoms with E-state index in [1.54, 1.807) is 20.8 Å². The predicted octanol–water partition coefficient (Wildman–Crippen LogP) is 2.13. The van der Waals surface area contributed by atoms with Crippen molar-refractivity contribution >= 4 is 21.8 Å². The fourth-order valence-electron chi connectivity index (χ4n) is 2.43. The Bertz CT molecular complexity index is 864. The molecule has 29 heavy (non-hydrogen) atoms. The first-order chi connectivity index (χ1) is 13.0. The minimum absolute atomic E-state index is 0.453. The zero-order valence-corrected chi connectivity index (χ0v) is 17.9. The molecule has 1 aromatic carbocycles. The Hall–Kier alpha value is -2.14. The number of rotatable bonds is 6. The first-order valence-corrected chi connectivity index (χ1v) is 10.2. The second kappa shape index (κ2) is 8.70. The van der Waals surface area contributed by atoms with Gasteiger partial charge >= 0.3 is 6.18 Å². The number of nitrogens with one attached hydrogen (secondary N) is 2. The summed E-state index contributed by atoms with van der Waals surface area (Å²) in [5.41, 5.74) is -1.87. The van der Waals surface area contributed by atoms with Gasteiger partial charge in [-0.1, -0.05) is 12.1 Å². The minimum Gasteiger partial charge on any atom is -0.350 e. The molecule has 0 aliphatic carbocycles. The molecule has 11 heteroatoms. The molecule has 0 saturated carbocycles. The average Bonchev–Trinajstić information content (AvgIpc) is 2.57. The van der Waals surface area contributed by atoms with Gasteiger partial charge in [0.2, 0.25) is 21.8 Å². The molecule has 0 spiro atoms. The van der Waals surface area contributed by atoms with Crippen LogP contribution in [-0.2, 0) is 25.8 Å². The standard InChI is InChI=1S/C18H26F3N3O4S/c1-11(16(26)24(6)12(2)15(25)22-17(3,4)5)23-29(27,28)14-10-8-7-9-13(14)18(19,20)21/h7-12,23H,1-6H3,(H,22,25)/t11-,12?/m0/s1. The number of carbonyl (C=O) groups is 2. The van der Waals surface area contributed by atoms with Gasteiger partial charge in [0.15, 0.2) is 0 Å². The maximum Gasteiger partial charge on any atom is 0.417 e. The second-order valence-electron chi connectivity index (χ2n) is 7.70. The summed E-state index contributed by atoms with van der Waals surface area (Å²) in [6, 6.07) is 1.37. The monoisotopic (exact) mass is 437 g/mol. The third-order valence-corrected chi connectivity index (χ3v) is 5.59. The van der Waals surface area contributed by atoms with E-state index in [-0.39, 0.29) is 0 Å². The van der Waals surface area contributed by atoms with Gasteiger partial charge in [-0.25, -0.2) is 8.42 Å². The van der Waals surface area contributed by atoms with Crippen LogP contribution in [0, 0.1) is 0 Å². The van der Waals surface area contributed by atoms with Crippen LogP contribution >= 0.6 is 0 Å². The molecule has 0 bridgehead atoms. The summed E-state index contributed by atoms with van der Waals surface area (Å²) in [6.07, 6.45) is -4.88. The normalized spacial score (nSPS) is 14.8. The Labute approximate surface area is 168 Å². The lowest BCUT2D eigenvalue weighted by molar-refractivity contribution is -0.140. The maximum atomic E-state index is 13.1. The van der Waals surface area contributed by atoms with Gasteiger partial charge in [0, 0.05) is 12.6 Å². The number of benzene rings is 1. The predicted molar refractivity (Wildman–Crippen MR) is 101 cm³/mol. The van der Waals surface area contributed by atoms with Gasteiger partial charge in [0.1, 0.15) is 6.04 Å². The summed E-state index contributed by atoms with van der Waals surface area (Å²) < 4.78 is 66.3. The molecule has 0 aliphatic rings. The van der Waals surface area contributed by atoms with Crippen molar-refractivity contribution in [1.29, 1.82) is 0 Å². The molecule has 0 fully saturated rings. The van der Waals surface area contributed by atoms with Crippen molar-refractivity contribution in [2.75, 3.05) is 7.05 Å². The Kier molecular flexibility index (Phi) is 7.47. The van der Waals surface area contributed by atoms with Crippen LogP contribution in [0.2, 0.25) is 0 Å². The fraction of sp³-hybridized carbons (Fsp3) is 0.556. The van der Waals surface area contributed by atoms with Crippen molar-refractivity contribution in [3.8, 4) is 0 Å². The van der Waals surface area contributed by atoms with Gasteiger partial charge < -0.3 is 10.2 Å². The topological polar surface area (TPSA) is 95.6 Å². The molecular weight excluding hydrogens is 411 g/mol. The first kappa shape index (κ1) is 24.9. The average molecular weight is 437 g/mol. The van der Waals surface area contributed by atoms with Crippen molar-refractivity contribution in [2.45, 2.75) is 63.3 Å². The Balaban J connectivity index is 3.02. The van der Waals surface area contributed by atoms with E-state index in [4.69, 9.17) is 0 Å². The molecule has 0 aromatic heterocycles. The number of halogens is 3. The molecule has 0 aliphatic heterocycles. The molecule has 0 radical (unpaired) electrons. The highest BCUT2D eigenvalue weighted by Gasteiger charge is 2.38. The lowest BCUT2D eigenvalue weighted by Crippen LogP contribution is -2.54. The third-order valence-electron chi connectivity index (χ3n) is 3.99. The van der Waals surface area contributed by atoms with Gasteiger partial charge in [-0.3, -0.25) is 9.59 Å². The zero-order valence-electron chi connectivity index (χ0n) is 17.1. The lowest BCUT2D eigenvalue weighted by Gasteiger charge is -2.30. The van der Waals surface area contributed by atoms with Crippen molar-refractivity contribution in [2.24, 2.45) is 0 Å². The van der Waals surface area contributed by atoms with E-state index >= 15 is 0 Å². The molecule has 2 N–H and O–H groups in total. The summed E-state index contributed by atoms with van der Waals surface area (Å²) >= 11 is 0. The van der Waals surface area contributed by atoms with Crippen molar-refractivity contribution in [3.05, 3.63) is 29.8 Å². The van der Waals surface area contributed by atoms with E-state index in [0.29, 0.717) is 6.07 Å². The molecule has 7 nitrogen and oxygen atoms in total. The van der Waals surface area contributed by atoms with Crippen LogP contribution in [0.1, 0.15) is 40.2 Å². The van der Waals surface area contributed by atoms with E-state index in [2.05, 4.69) is 5.32 Å². The van der Waals surface area contributed by atoms with Crippen LogP contribution < -0.4 is 10.0 Å². The number of sulfonamides is 1. The summed E-state index contributed by atoms with van der Waals surface area (Å²) in [5.74, 6) is -1.22. The number of amides is 2. The van der Waals surface area contributed by atoms with E-state index < -0.39 is 56.1 Å². The summed E-state index contributed by atoms with van der Waals surface area (Å²) in [7, 11) is -3.34. The minimum atomic E-state index is -4.88. The molecule has 0 heterocycles. The number of nitrogens with zero attached hydrogens (tertiary/aromatic N) is 1. The Morgan fingerprint density at radius 2 is 1.59 bits per heavy atom. The molecule has 2 amide bonds. The molecule has 2 atom stereocenters. The number of hydrogen-bond acceptors (Lipinski definition) is 4. The van der Waals surface area contributed by atoms with Gasteiger partial charge in [-0.15, -0.1) is 0 Å². The summed E-state index contributed by atoms with van der Waals surface area (Å²) in [6.45, 7) is 7.93. The summed E-state index contributed by atoms with van der Waals surface area (Å²) in [5, 5.41) is 2.70. The first-order valence-electron chi connectivity index (χ1n) is 8.74. The van der Waals surface area contributed by atoms with Gasteiger partial charge in [0.05, 0.1) is 16.5 Å². The van der Waals surface area contributed by atoms with Crippen LogP contribution in [0.3, 0.4) is 0 Å². The molecule has 1 unspecified atom stereocenters. The van der Waals surface area contributed by atoms with Crippen LogP contribution in [-0.4, -0.2) is 49.8 Å². The number of hydrogen-bond donors (Lipinski definition) is 2. The van der Waals surface area contributed by atoms with Gasteiger partial charge in [-0.05, 0) is 46.8 Å². The number of alkyl halides is 3. The van der Waals surface area contributed by atoms with E-state index in [0.717, 1.165) is 23.1 Å². The Morgan fingerprint density at radius 3 is 2.07 bits per heavy atom. The highest BCUT2D eigenvalue weighted by molar-refractivity contribution is 7.89. The highest BCUT2D eigenvalue weighted by atomic mass is 32.2. The lowest BCUT2D eigenvalue weighted by atomic mass is 10.1. The van der Waals surface area contributed by atoms with Crippen LogP contribution in [0.15, 0.2) is 29.2 Å². The molecular formula is C18H26F3N3O4S. The highest BCUT2D eigenvalue weighted by Crippen LogP contribution is 2.33. The number of carbonyl (C=O) groups excluding carboxylic acids is 2. The van der Waals surface area contributed by atoms with Crippen molar-refractivity contribution in [1.82, 2.24) is 14.9 Å². The molecule has 164 valence electrons. The quantitative estimate of drug-likeness (QED) is 0.713. The van der Waals surface area contributed by atoms with E-state index in [9.17, 15) is 31.2 Å². The van der Waals surface area contributed by atoms with Gasteiger partial charge in [0.25, 0.3) is 0 Å². The molecule has 0 saturated heterocycles. The van der Waals surface area contributed by atoms with E-state index in [1.165, 1.54) is 20.9 Å². The maximum absolute atomic E-state index is 13.1. The Morgan fingerprint density at radius 1 is 1.07 bits per heavy atom. The largest absolute Gasteiger partial charge is 0.417 e. The second-order valence-corrected chi connectivity index (χ2v) is 9.38. The smallest absolute Gasteiger partial charge is 0.350 e. The summed E-state index contributed by atoms with van der Waals surface area (Å²) in [4.78, 5) is 24.8. The fourth-order valence-corrected chi connectivity index (χ4v) is 3.85. The van der Waals surface area contributed by atoms with Crippen LogP contribution in [0.5, 0.6) is 0 Å². The third kappa shape index (κ3) is 6.70. The molecule has 1 aromatic rings. The molecule has 1 rings (SSSR count). The SMILES string of the molecule is CC(C(=O)NC(C)(C)C)N(C)C(=O)[C@H](C)NS(=O)(=O)c1ccccc1C(F)(F)F. The number of likely N-dealkylation sites (N-methyl/N-ethyl adjacent to an activating group) is 1. The zero-order chi connectivity index (χ0) is 22.8.